The van der Waals surface area contributed by atoms with Gasteiger partial charge in [0.1, 0.15) is 12.4 Å². The average Bonchev–Trinajstić information content (AvgIpc) is 2.75. The Bertz CT molecular complexity index is 451. The summed E-state index contributed by atoms with van der Waals surface area (Å²) in [5, 5.41) is 2.94. The number of thioether (sulfide) groups is 1. The van der Waals surface area contributed by atoms with E-state index in [0.717, 1.165) is 47.9 Å². The van der Waals surface area contributed by atoms with Crippen LogP contribution in [0.1, 0.15) is 17.5 Å². The van der Waals surface area contributed by atoms with E-state index in [-0.39, 0.29) is 6.03 Å². The van der Waals surface area contributed by atoms with Crippen LogP contribution in [0.4, 0.5) is 4.79 Å². The molecule has 1 saturated heterocycles. The Morgan fingerprint density at radius 3 is 2.81 bits per heavy atom. The molecule has 21 heavy (non-hydrogen) atoms. The maximum atomic E-state index is 12.0. The number of aryl methyl sites for hydroxylation is 2. The summed E-state index contributed by atoms with van der Waals surface area (Å²) >= 11 is 1.92. The number of carbonyl (C=O) groups is 1. The molecule has 5 heteroatoms. The number of urea groups is 1. The Kier molecular flexibility index (Phi) is 6.23. The third kappa shape index (κ3) is 4.84. The lowest BCUT2D eigenvalue weighted by molar-refractivity contribution is 0.198. The topological polar surface area (TPSA) is 41.6 Å². The van der Waals surface area contributed by atoms with Crippen molar-refractivity contribution in [1.82, 2.24) is 10.2 Å². The van der Waals surface area contributed by atoms with E-state index in [4.69, 9.17) is 4.74 Å². The molecule has 1 heterocycles. The predicted molar refractivity (Wildman–Crippen MR) is 88.3 cm³/mol. The third-order valence-corrected chi connectivity index (χ3v) is 4.59. The number of carbonyl (C=O) groups excluding carboxylic acids is 1. The maximum Gasteiger partial charge on any atom is 0.317 e. The van der Waals surface area contributed by atoms with Crippen molar-refractivity contribution in [2.24, 2.45) is 0 Å². The first-order chi connectivity index (χ1) is 10.2. The van der Waals surface area contributed by atoms with Crippen LogP contribution in [0.2, 0.25) is 0 Å². The van der Waals surface area contributed by atoms with Crippen LogP contribution in [-0.2, 0) is 0 Å². The molecular weight excluding hydrogens is 284 g/mol. The van der Waals surface area contributed by atoms with Crippen LogP contribution in [0.5, 0.6) is 5.75 Å². The Morgan fingerprint density at radius 1 is 1.29 bits per heavy atom. The SMILES string of the molecule is Cc1cccc(C)c1OCCNC(=O)N1CCCSCC1. The molecule has 0 aliphatic carbocycles. The molecule has 0 spiro atoms. The molecule has 0 radical (unpaired) electrons. The standard InChI is InChI=1S/C16H24N2O2S/c1-13-5-3-6-14(2)15(13)20-10-7-17-16(19)18-8-4-11-21-12-9-18/h3,5-6H,4,7-12H2,1-2H3,(H,17,19). The molecule has 0 aromatic heterocycles. The lowest BCUT2D eigenvalue weighted by atomic mass is 10.1. The second-order valence-corrected chi connectivity index (χ2v) is 6.48. The van der Waals surface area contributed by atoms with Crippen molar-refractivity contribution >= 4 is 17.8 Å². The van der Waals surface area contributed by atoms with E-state index in [1.807, 2.05) is 48.7 Å². The molecule has 0 atom stereocenters. The Morgan fingerprint density at radius 2 is 2.05 bits per heavy atom. The van der Waals surface area contributed by atoms with E-state index in [9.17, 15) is 4.79 Å². The lowest BCUT2D eigenvalue weighted by Crippen LogP contribution is -2.42. The zero-order chi connectivity index (χ0) is 15.1. The zero-order valence-corrected chi connectivity index (χ0v) is 13.7. The lowest BCUT2D eigenvalue weighted by Gasteiger charge is -2.20. The van der Waals surface area contributed by atoms with E-state index in [1.54, 1.807) is 0 Å². The summed E-state index contributed by atoms with van der Waals surface area (Å²) in [7, 11) is 0. The highest BCUT2D eigenvalue weighted by Gasteiger charge is 2.14. The van der Waals surface area contributed by atoms with Crippen LogP contribution < -0.4 is 10.1 Å². The van der Waals surface area contributed by atoms with Gasteiger partial charge in [0.25, 0.3) is 0 Å². The quantitative estimate of drug-likeness (QED) is 0.870. The highest BCUT2D eigenvalue weighted by atomic mass is 32.2. The minimum Gasteiger partial charge on any atom is -0.491 e. The van der Waals surface area contributed by atoms with Gasteiger partial charge in [-0.3, -0.25) is 0 Å². The Labute approximate surface area is 131 Å². The molecule has 116 valence electrons. The highest BCUT2D eigenvalue weighted by Crippen LogP contribution is 2.21. The van der Waals surface area contributed by atoms with E-state index in [1.165, 1.54) is 0 Å². The molecule has 0 saturated carbocycles. The molecule has 2 amide bonds. The number of hydrogen-bond donors (Lipinski definition) is 1. The fourth-order valence-corrected chi connectivity index (χ4v) is 3.29. The number of rotatable bonds is 4. The van der Waals surface area contributed by atoms with Gasteiger partial charge in [0.2, 0.25) is 0 Å². The van der Waals surface area contributed by atoms with E-state index < -0.39 is 0 Å². The van der Waals surface area contributed by atoms with Crippen LogP contribution in [0.3, 0.4) is 0 Å². The van der Waals surface area contributed by atoms with Gasteiger partial charge in [-0.2, -0.15) is 11.8 Å². The number of nitrogens with zero attached hydrogens (tertiary/aromatic N) is 1. The van der Waals surface area contributed by atoms with Gasteiger partial charge in [-0.05, 0) is 37.1 Å². The van der Waals surface area contributed by atoms with Crippen LogP contribution >= 0.6 is 11.8 Å². The molecule has 1 aromatic carbocycles. The fourth-order valence-electron chi connectivity index (χ4n) is 2.40. The van der Waals surface area contributed by atoms with Crippen molar-refractivity contribution in [1.29, 1.82) is 0 Å². The first kappa shape index (κ1) is 16.0. The normalized spacial score (nSPS) is 15.4. The summed E-state index contributed by atoms with van der Waals surface area (Å²) in [4.78, 5) is 13.9. The van der Waals surface area contributed by atoms with Crippen LogP contribution in [0.25, 0.3) is 0 Å². The molecule has 1 aliphatic heterocycles. The second-order valence-electron chi connectivity index (χ2n) is 5.25. The van der Waals surface area contributed by atoms with Crippen molar-refractivity contribution in [3.8, 4) is 5.75 Å². The summed E-state index contributed by atoms with van der Waals surface area (Å²) in [6, 6.07) is 6.13. The minimum atomic E-state index is 0.0302. The van der Waals surface area contributed by atoms with E-state index >= 15 is 0 Å². The van der Waals surface area contributed by atoms with Gasteiger partial charge in [-0.1, -0.05) is 18.2 Å². The minimum absolute atomic E-state index is 0.0302. The summed E-state index contributed by atoms with van der Waals surface area (Å²) in [6.45, 7) is 6.81. The van der Waals surface area contributed by atoms with Gasteiger partial charge < -0.3 is 15.0 Å². The first-order valence-electron chi connectivity index (χ1n) is 7.48. The van der Waals surface area contributed by atoms with Crippen LogP contribution in [-0.4, -0.2) is 48.7 Å². The van der Waals surface area contributed by atoms with E-state index in [2.05, 4.69) is 5.32 Å². The smallest absolute Gasteiger partial charge is 0.317 e. The molecule has 4 nitrogen and oxygen atoms in total. The molecule has 0 bridgehead atoms. The maximum absolute atomic E-state index is 12.0. The predicted octanol–water partition coefficient (Wildman–Crippen LogP) is 2.83. The molecule has 2 rings (SSSR count). The van der Waals surface area contributed by atoms with Crippen LogP contribution in [0, 0.1) is 13.8 Å². The third-order valence-electron chi connectivity index (χ3n) is 3.54. The Hall–Kier alpha value is -1.36. The fraction of sp³-hybridized carbons (Fsp3) is 0.562. The molecule has 1 aromatic rings. The summed E-state index contributed by atoms with van der Waals surface area (Å²) in [5.74, 6) is 3.11. The summed E-state index contributed by atoms with van der Waals surface area (Å²) in [6.07, 6.45) is 1.08. The average molecular weight is 308 g/mol. The molecule has 1 N–H and O–H groups in total. The van der Waals surface area contributed by atoms with Crippen LogP contribution in [0.15, 0.2) is 18.2 Å². The summed E-state index contributed by atoms with van der Waals surface area (Å²) in [5.41, 5.74) is 2.26. The van der Waals surface area contributed by atoms with E-state index in [0.29, 0.717) is 13.2 Å². The Balaban J connectivity index is 1.73. The molecule has 1 aliphatic rings. The number of nitrogens with one attached hydrogen (secondary N) is 1. The van der Waals surface area contributed by atoms with Crippen molar-refractivity contribution < 1.29 is 9.53 Å². The van der Waals surface area contributed by atoms with Crippen molar-refractivity contribution in [3.05, 3.63) is 29.3 Å². The van der Waals surface area contributed by atoms with Crippen molar-refractivity contribution in [2.75, 3.05) is 37.7 Å². The molecular formula is C16H24N2O2S. The number of benzene rings is 1. The van der Waals surface area contributed by atoms with Gasteiger partial charge in [-0.25, -0.2) is 4.79 Å². The van der Waals surface area contributed by atoms with Crippen molar-refractivity contribution in [2.45, 2.75) is 20.3 Å². The van der Waals surface area contributed by atoms with Gasteiger partial charge in [0, 0.05) is 18.8 Å². The van der Waals surface area contributed by atoms with Gasteiger partial charge in [0.05, 0.1) is 6.54 Å². The summed E-state index contributed by atoms with van der Waals surface area (Å²) < 4.78 is 5.79. The number of ether oxygens (including phenoxy) is 1. The molecule has 1 fully saturated rings. The number of para-hydroxylation sites is 1. The monoisotopic (exact) mass is 308 g/mol. The molecule has 0 unspecified atom stereocenters. The largest absolute Gasteiger partial charge is 0.491 e. The highest BCUT2D eigenvalue weighted by molar-refractivity contribution is 7.99. The zero-order valence-electron chi connectivity index (χ0n) is 12.9. The van der Waals surface area contributed by atoms with Gasteiger partial charge in [-0.15, -0.1) is 0 Å². The number of amides is 2. The number of hydrogen-bond acceptors (Lipinski definition) is 3. The second kappa shape index (κ2) is 8.17. The van der Waals surface area contributed by atoms with Gasteiger partial charge >= 0.3 is 6.03 Å². The first-order valence-corrected chi connectivity index (χ1v) is 8.63. The van der Waals surface area contributed by atoms with Crippen molar-refractivity contribution in [3.63, 3.8) is 0 Å². The van der Waals surface area contributed by atoms with Gasteiger partial charge in [0.15, 0.2) is 0 Å².